The number of aromatic nitrogens is 4. The first kappa shape index (κ1) is 15.8. The summed E-state index contributed by atoms with van der Waals surface area (Å²) < 4.78 is 2.07. The van der Waals surface area contributed by atoms with Crippen molar-refractivity contribution in [3.05, 3.63) is 66.2 Å². The number of fused-ring (bicyclic) bond motifs is 2. The van der Waals surface area contributed by atoms with Crippen LogP contribution in [0.2, 0.25) is 0 Å². The predicted octanol–water partition coefficient (Wildman–Crippen LogP) is 3.53. The molecule has 1 aliphatic heterocycles. The highest BCUT2D eigenvalue weighted by molar-refractivity contribution is 5.94. The van der Waals surface area contributed by atoms with Gasteiger partial charge in [0.1, 0.15) is 11.9 Å². The Hall–Kier alpha value is -3.46. The van der Waals surface area contributed by atoms with E-state index < -0.39 is 0 Å². The lowest BCUT2D eigenvalue weighted by Crippen LogP contribution is -2.35. The third-order valence-corrected chi connectivity index (χ3v) is 5.31. The maximum Gasteiger partial charge on any atom is 0.160 e. The first-order chi connectivity index (χ1) is 13.3. The second kappa shape index (κ2) is 6.36. The van der Waals surface area contributed by atoms with E-state index in [1.807, 2.05) is 42.6 Å². The number of pyridine rings is 2. The summed E-state index contributed by atoms with van der Waals surface area (Å²) in [4.78, 5) is 6.76. The first-order valence-corrected chi connectivity index (χ1v) is 9.17. The molecule has 1 fully saturated rings. The van der Waals surface area contributed by atoms with Crippen LogP contribution in [0, 0.1) is 11.3 Å². The number of nitriles is 1. The van der Waals surface area contributed by atoms with Gasteiger partial charge in [-0.25, -0.2) is 0 Å². The molecule has 6 heteroatoms. The quantitative estimate of drug-likeness (QED) is 0.551. The molecule has 4 heterocycles. The second-order valence-electron chi connectivity index (χ2n) is 6.92. The van der Waals surface area contributed by atoms with E-state index in [1.54, 1.807) is 6.20 Å². The molecule has 1 saturated heterocycles. The highest BCUT2D eigenvalue weighted by Crippen LogP contribution is 2.35. The Morgan fingerprint density at radius 2 is 1.96 bits per heavy atom. The highest BCUT2D eigenvalue weighted by Gasteiger charge is 2.27. The molecule has 1 aliphatic rings. The van der Waals surface area contributed by atoms with Crippen LogP contribution < -0.4 is 4.90 Å². The normalized spacial score (nSPS) is 17.3. The number of anilines is 1. The van der Waals surface area contributed by atoms with Crippen LogP contribution in [-0.4, -0.2) is 32.7 Å². The summed E-state index contributed by atoms with van der Waals surface area (Å²) in [6.45, 7) is 1.74. The molecular formula is C21H18N6. The lowest BCUT2D eigenvalue weighted by atomic mass is 9.95. The fraction of sp³-hybridized carbons (Fsp3) is 0.238. The zero-order chi connectivity index (χ0) is 18.2. The van der Waals surface area contributed by atoms with Crippen LogP contribution in [0.15, 0.2) is 54.9 Å². The van der Waals surface area contributed by atoms with Crippen LogP contribution in [0.1, 0.15) is 30.1 Å². The van der Waals surface area contributed by atoms with Crippen molar-refractivity contribution in [2.24, 2.45) is 0 Å². The predicted molar refractivity (Wildman–Crippen MR) is 104 cm³/mol. The number of hydrogen-bond acceptors (Lipinski definition) is 5. The number of para-hydroxylation sites is 1. The van der Waals surface area contributed by atoms with Crippen molar-refractivity contribution in [1.29, 1.82) is 5.26 Å². The first-order valence-electron chi connectivity index (χ1n) is 9.17. The van der Waals surface area contributed by atoms with Gasteiger partial charge in [-0.3, -0.25) is 9.38 Å². The molecule has 0 radical (unpaired) electrons. The molecule has 5 rings (SSSR count). The SMILES string of the molecule is N#Cc1cnc2ccccc2c1N1CCCC(c2nnc3ccccn23)C1. The number of piperidine rings is 1. The molecule has 1 aromatic carbocycles. The summed E-state index contributed by atoms with van der Waals surface area (Å²) in [6, 6.07) is 16.3. The number of benzene rings is 1. The van der Waals surface area contributed by atoms with Crippen molar-refractivity contribution in [2.45, 2.75) is 18.8 Å². The molecule has 0 amide bonds. The molecule has 0 aliphatic carbocycles. The molecular weight excluding hydrogens is 336 g/mol. The van der Waals surface area contributed by atoms with Gasteiger partial charge in [0.2, 0.25) is 0 Å². The van der Waals surface area contributed by atoms with Crippen LogP contribution in [0.3, 0.4) is 0 Å². The van der Waals surface area contributed by atoms with Crippen molar-refractivity contribution in [2.75, 3.05) is 18.0 Å². The van der Waals surface area contributed by atoms with E-state index in [9.17, 15) is 5.26 Å². The minimum atomic E-state index is 0.273. The lowest BCUT2D eigenvalue weighted by molar-refractivity contribution is 0.489. The minimum Gasteiger partial charge on any atom is -0.369 e. The Labute approximate surface area is 156 Å². The summed E-state index contributed by atoms with van der Waals surface area (Å²) in [6.07, 6.45) is 5.82. The molecule has 0 saturated carbocycles. The van der Waals surface area contributed by atoms with Crippen LogP contribution >= 0.6 is 0 Å². The van der Waals surface area contributed by atoms with Crippen molar-refractivity contribution in [3.8, 4) is 6.07 Å². The minimum absolute atomic E-state index is 0.273. The fourth-order valence-corrected chi connectivity index (χ4v) is 4.08. The summed E-state index contributed by atoms with van der Waals surface area (Å²) >= 11 is 0. The molecule has 1 atom stereocenters. The largest absolute Gasteiger partial charge is 0.369 e. The molecule has 0 N–H and O–H groups in total. The van der Waals surface area contributed by atoms with Gasteiger partial charge in [0.15, 0.2) is 5.65 Å². The van der Waals surface area contributed by atoms with Gasteiger partial charge in [0.25, 0.3) is 0 Å². The summed E-state index contributed by atoms with van der Waals surface area (Å²) in [7, 11) is 0. The standard InChI is InChI=1S/C21H18N6/c22-12-16-13-23-18-8-2-1-7-17(18)20(16)26-10-5-6-15(14-26)21-25-24-19-9-3-4-11-27(19)21/h1-4,7-9,11,13,15H,5-6,10,14H2. The molecule has 0 bridgehead atoms. The maximum atomic E-state index is 9.66. The topological polar surface area (TPSA) is 70.1 Å². The molecule has 1 unspecified atom stereocenters. The highest BCUT2D eigenvalue weighted by atomic mass is 15.3. The molecule has 132 valence electrons. The van der Waals surface area contributed by atoms with Gasteiger partial charge in [-0.05, 0) is 31.0 Å². The van der Waals surface area contributed by atoms with Gasteiger partial charge in [-0.15, -0.1) is 10.2 Å². The van der Waals surface area contributed by atoms with Crippen molar-refractivity contribution in [3.63, 3.8) is 0 Å². The molecule has 6 nitrogen and oxygen atoms in total. The van der Waals surface area contributed by atoms with Gasteiger partial charge in [-0.2, -0.15) is 5.26 Å². The average Bonchev–Trinajstić information content (AvgIpc) is 3.17. The van der Waals surface area contributed by atoms with E-state index in [-0.39, 0.29) is 5.92 Å². The fourth-order valence-electron chi connectivity index (χ4n) is 4.08. The third-order valence-electron chi connectivity index (χ3n) is 5.31. The van der Waals surface area contributed by atoms with E-state index in [2.05, 4.69) is 36.6 Å². The molecule has 0 spiro atoms. The Kier molecular flexibility index (Phi) is 3.72. The number of rotatable bonds is 2. The van der Waals surface area contributed by atoms with Gasteiger partial charge in [-0.1, -0.05) is 24.3 Å². The Morgan fingerprint density at radius 3 is 2.89 bits per heavy atom. The molecule has 4 aromatic rings. The van der Waals surface area contributed by atoms with Gasteiger partial charge < -0.3 is 4.90 Å². The Morgan fingerprint density at radius 1 is 1.07 bits per heavy atom. The van der Waals surface area contributed by atoms with E-state index in [0.29, 0.717) is 5.56 Å². The van der Waals surface area contributed by atoms with Crippen molar-refractivity contribution >= 4 is 22.2 Å². The van der Waals surface area contributed by atoms with Crippen LogP contribution in [0.25, 0.3) is 16.6 Å². The zero-order valence-electron chi connectivity index (χ0n) is 14.8. The lowest BCUT2D eigenvalue weighted by Gasteiger charge is -2.34. The van der Waals surface area contributed by atoms with Crippen LogP contribution in [-0.2, 0) is 0 Å². The molecule has 27 heavy (non-hydrogen) atoms. The van der Waals surface area contributed by atoms with E-state index in [1.165, 1.54) is 0 Å². The Bertz CT molecular complexity index is 1170. The van der Waals surface area contributed by atoms with Gasteiger partial charge in [0, 0.05) is 36.8 Å². The zero-order valence-corrected chi connectivity index (χ0v) is 14.8. The summed E-state index contributed by atoms with van der Waals surface area (Å²) in [5, 5.41) is 19.5. The van der Waals surface area contributed by atoms with E-state index in [0.717, 1.165) is 54.0 Å². The van der Waals surface area contributed by atoms with E-state index >= 15 is 0 Å². The maximum absolute atomic E-state index is 9.66. The average molecular weight is 354 g/mol. The van der Waals surface area contributed by atoms with Crippen molar-refractivity contribution < 1.29 is 0 Å². The third kappa shape index (κ3) is 2.59. The van der Waals surface area contributed by atoms with E-state index in [4.69, 9.17) is 0 Å². The molecule has 3 aromatic heterocycles. The van der Waals surface area contributed by atoms with Gasteiger partial charge in [0.05, 0.1) is 16.8 Å². The monoisotopic (exact) mass is 354 g/mol. The smallest absolute Gasteiger partial charge is 0.160 e. The van der Waals surface area contributed by atoms with Gasteiger partial charge >= 0.3 is 0 Å². The number of hydrogen-bond donors (Lipinski definition) is 0. The summed E-state index contributed by atoms with van der Waals surface area (Å²) in [5.74, 6) is 1.27. The van der Waals surface area contributed by atoms with Crippen molar-refractivity contribution in [1.82, 2.24) is 19.6 Å². The summed E-state index contributed by atoms with van der Waals surface area (Å²) in [5.41, 5.74) is 3.40. The number of nitrogens with zero attached hydrogens (tertiary/aromatic N) is 6. The second-order valence-corrected chi connectivity index (χ2v) is 6.92. The Balaban J connectivity index is 1.57. The van der Waals surface area contributed by atoms with Crippen LogP contribution in [0.4, 0.5) is 5.69 Å². The van der Waals surface area contributed by atoms with Crippen LogP contribution in [0.5, 0.6) is 0 Å².